The minimum Gasteiger partial charge on any atom is -0.480 e. The molecule has 2 amide bonds. The first kappa shape index (κ1) is 17.4. The molecule has 7 nitrogen and oxygen atoms in total. The summed E-state index contributed by atoms with van der Waals surface area (Å²) in [5.41, 5.74) is 5.05. The van der Waals surface area contributed by atoms with Gasteiger partial charge in [-0.25, -0.2) is 0 Å². The lowest BCUT2D eigenvalue weighted by Gasteiger charge is -2.26. The van der Waals surface area contributed by atoms with E-state index in [1.807, 2.05) is 13.8 Å². The molecule has 0 saturated heterocycles. The van der Waals surface area contributed by atoms with E-state index in [9.17, 15) is 14.4 Å². The Balaban J connectivity index is 4.58. The third-order valence-corrected chi connectivity index (χ3v) is 2.73. The van der Waals surface area contributed by atoms with Crippen molar-refractivity contribution in [1.29, 1.82) is 0 Å². The van der Waals surface area contributed by atoms with Crippen LogP contribution in [0.1, 0.15) is 33.6 Å². The summed E-state index contributed by atoms with van der Waals surface area (Å²) in [4.78, 5) is 34.8. The number of amides is 2. The zero-order valence-electron chi connectivity index (χ0n) is 11.7. The predicted molar refractivity (Wildman–Crippen MR) is 70.4 cm³/mol. The van der Waals surface area contributed by atoms with Crippen LogP contribution in [0.15, 0.2) is 0 Å². The van der Waals surface area contributed by atoms with Crippen LogP contribution in [0.25, 0.3) is 0 Å². The third kappa shape index (κ3) is 7.40. The number of carbonyl (C=O) groups excluding carboxylic acids is 2. The Hall–Kier alpha value is -1.63. The number of carboxylic acids is 1. The molecule has 0 radical (unpaired) electrons. The fourth-order valence-corrected chi connectivity index (χ4v) is 1.74. The number of rotatable bonds is 9. The lowest BCUT2D eigenvalue weighted by Crippen LogP contribution is -2.51. The number of hydrogen-bond acceptors (Lipinski definition) is 4. The molecule has 0 spiro atoms. The van der Waals surface area contributed by atoms with Crippen LogP contribution >= 0.6 is 0 Å². The molecule has 4 N–H and O–H groups in total. The number of carbonyl (C=O) groups is 3. The number of nitrogens with one attached hydrogen (secondary N) is 1. The summed E-state index contributed by atoms with van der Waals surface area (Å²) >= 11 is 0. The van der Waals surface area contributed by atoms with Crippen LogP contribution in [-0.2, 0) is 14.4 Å². The van der Waals surface area contributed by atoms with E-state index in [2.05, 4.69) is 5.32 Å². The van der Waals surface area contributed by atoms with Gasteiger partial charge in [0, 0.05) is 6.04 Å². The average molecular weight is 273 g/mol. The highest BCUT2D eigenvalue weighted by atomic mass is 16.4. The summed E-state index contributed by atoms with van der Waals surface area (Å²) in [5.74, 6) is -2.08. The van der Waals surface area contributed by atoms with E-state index in [0.29, 0.717) is 0 Å². The number of nitrogens with zero attached hydrogens (tertiary/aromatic N) is 1. The summed E-state index contributed by atoms with van der Waals surface area (Å²) in [7, 11) is 0. The fraction of sp³-hybridized carbons (Fsp3) is 0.750. The zero-order chi connectivity index (χ0) is 15.0. The van der Waals surface area contributed by atoms with Crippen molar-refractivity contribution in [3.05, 3.63) is 0 Å². The number of carboxylic acid groups (broad SMARTS) is 1. The van der Waals surface area contributed by atoms with Crippen LogP contribution in [0.3, 0.4) is 0 Å². The van der Waals surface area contributed by atoms with Crippen molar-refractivity contribution in [2.45, 2.75) is 45.7 Å². The van der Waals surface area contributed by atoms with E-state index in [-0.39, 0.29) is 18.5 Å². The average Bonchev–Trinajstić information content (AvgIpc) is 2.25. The van der Waals surface area contributed by atoms with Crippen LogP contribution in [0.4, 0.5) is 0 Å². The zero-order valence-corrected chi connectivity index (χ0v) is 11.7. The van der Waals surface area contributed by atoms with Crippen molar-refractivity contribution in [1.82, 2.24) is 10.2 Å². The number of primary amides is 1. The second kappa shape index (κ2) is 8.47. The van der Waals surface area contributed by atoms with E-state index in [1.54, 1.807) is 6.92 Å². The maximum absolute atomic E-state index is 11.9. The van der Waals surface area contributed by atoms with Gasteiger partial charge in [0.25, 0.3) is 0 Å². The van der Waals surface area contributed by atoms with Crippen LogP contribution < -0.4 is 11.1 Å². The Morgan fingerprint density at radius 3 is 2.26 bits per heavy atom. The van der Waals surface area contributed by atoms with Crippen molar-refractivity contribution >= 4 is 17.8 Å². The molecule has 0 fully saturated rings. The molecule has 0 heterocycles. The smallest absolute Gasteiger partial charge is 0.317 e. The van der Waals surface area contributed by atoms with Gasteiger partial charge < -0.3 is 16.2 Å². The maximum Gasteiger partial charge on any atom is 0.317 e. The minimum atomic E-state index is -1.11. The summed E-state index contributed by atoms with van der Waals surface area (Å²) in [6.45, 7) is 4.78. The molecule has 0 aliphatic heterocycles. The Bertz CT molecular complexity index is 317. The van der Waals surface area contributed by atoms with Gasteiger partial charge in [0.05, 0.1) is 19.1 Å². The topological polar surface area (TPSA) is 113 Å². The highest BCUT2D eigenvalue weighted by molar-refractivity contribution is 5.84. The van der Waals surface area contributed by atoms with Crippen molar-refractivity contribution < 1.29 is 19.5 Å². The minimum absolute atomic E-state index is 0.0141. The van der Waals surface area contributed by atoms with Gasteiger partial charge in [-0.2, -0.15) is 0 Å². The van der Waals surface area contributed by atoms with Crippen LogP contribution in [0, 0.1) is 0 Å². The van der Waals surface area contributed by atoms with Gasteiger partial charge in [-0.15, -0.1) is 0 Å². The lowest BCUT2D eigenvalue weighted by atomic mass is 10.1. The van der Waals surface area contributed by atoms with E-state index < -0.39 is 24.5 Å². The molecule has 0 bridgehead atoms. The fourth-order valence-electron chi connectivity index (χ4n) is 1.74. The van der Waals surface area contributed by atoms with Crippen molar-refractivity contribution in [3.63, 3.8) is 0 Å². The summed E-state index contributed by atoms with van der Waals surface area (Å²) in [6, 6.07) is -0.705. The van der Waals surface area contributed by atoms with Gasteiger partial charge in [-0.1, -0.05) is 13.3 Å². The molecule has 0 saturated carbocycles. The molecule has 2 unspecified atom stereocenters. The van der Waals surface area contributed by atoms with Crippen molar-refractivity contribution in [3.8, 4) is 0 Å². The van der Waals surface area contributed by atoms with E-state index in [1.165, 1.54) is 4.90 Å². The normalized spacial score (nSPS) is 13.9. The molecule has 0 aliphatic carbocycles. The van der Waals surface area contributed by atoms with Gasteiger partial charge in [0.1, 0.15) is 0 Å². The van der Waals surface area contributed by atoms with E-state index >= 15 is 0 Å². The number of hydrogen-bond donors (Lipinski definition) is 3. The largest absolute Gasteiger partial charge is 0.480 e. The first-order valence-corrected chi connectivity index (χ1v) is 6.32. The highest BCUT2D eigenvalue weighted by Gasteiger charge is 2.25. The standard InChI is InChI=1S/C12H23N3O4/c1-4-5-8(2)14-12(19)9(3)15(6-10(13)16)7-11(17)18/h8-9H,4-7H2,1-3H3,(H2,13,16)(H,14,19)(H,17,18). The van der Waals surface area contributed by atoms with E-state index in [4.69, 9.17) is 10.8 Å². The number of nitrogens with two attached hydrogens (primary N) is 1. The summed E-state index contributed by atoms with van der Waals surface area (Å²) < 4.78 is 0. The molecule has 0 aromatic heterocycles. The quantitative estimate of drug-likeness (QED) is 0.526. The van der Waals surface area contributed by atoms with Crippen molar-refractivity contribution in [2.75, 3.05) is 13.1 Å². The summed E-state index contributed by atoms with van der Waals surface area (Å²) in [6.07, 6.45) is 1.78. The van der Waals surface area contributed by atoms with Crippen LogP contribution in [0.5, 0.6) is 0 Å². The molecule has 110 valence electrons. The van der Waals surface area contributed by atoms with E-state index in [0.717, 1.165) is 12.8 Å². The second-order valence-corrected chi connectivity index (χ2v) is 4.64. The molecule has 0 aliphatic rings. The molecule has 7 heteroatoms. The Morgan fingerprint density at radius 2 is 1.84 bits per heavy atom. The van der Waals surface area contributed by atoms with Gasteiger partial charge in [0.15, 0.2) is 0 Å². The molecule has 0 aromatic carbocycles. The lowest BCUT2D eigenvalue weighted by molar-refractivity contribution is -0.140. The predicted octanol–water partition coefficient (Wildman–Crippen LogP) is -0.448. The first-order valence-electron chi connectivity index (χ1n) is 6.32. The van der Waals surface area contributed by atoms with Gasteiger partial charge in [0.2, 0.25) is 11.8 Å². The van der Waals surface area contributed by atoms with Crippen LogP contribution in [0.2, 0.25) is 0 Å². The monoisotopic (exact) mass is 273 g/mol. The Kier molecular flexibility index (Phi) is 7.74. The van der Waals surface area contributed by atoms with Gasteiger partial charge in [-0.3, -0.25) is 19.3 Å². The third-order valence-electron chi connectivity index (χ3n) is 2.73. The maximum atomic E-state index is 11.9. The Labute approximate surface area is 113 Å². The molecule has 0 rings (SSSR count). The second-order valence-electron chi connectivity index (χ2n) is 4.64. The Morgan fingerprint density at radius 1 is 1.26 bits per heavy atom. The molecular weight excluding hydrogens is 250 g/mol. The first-order chi connectivity index (χ1) is 8.77. The van der Waals surface area contributed by atoms with Crippen molar-refractivity contribution in [2.24, 2.45) is 5.73 Å². The summed E-state index contributed by atoms with van der Waals surface area (Å²) in [5, 5.41) is 11.5. The number of aliphatic carboxylic acids is 1. The molecular formula is C12H23N3O4. The van der Waals surface area contributed by atoms with Gasteiger partial charge >= 0.3 is 5.97 Å². The highest BCUT2D eigenvalue weighted by Crippen LogP contribution is 2.02. The SMILES string of the molecule is CCCC(C)NC(=O)C(C)N(CC(N)=O)CC(=O)O. The van der Waals surface area contributed by atoms with Crippen LogP contribution in [-0.4, -0.2) is 53.0 Å². The van der Waals surface area contributed by atoms with Gasteiger partial charge in [-0.05, 0) is 20.3 Å². The molecule has 2 atom stereocenters. The molecule has 19 heavy (non-hydrogen) atoms. The molecule has 0 aromatic rings.